The van der Waals surface area contributed by atoms with Crippen molar-refractivity contribution in [2.24, 2.45) is 0 Å². The Balaban J connectivity index is 1.73. The highest BCUT2D eigenvalue weighted by Gasteiger charge is 2.14. The van der Waals surface area contributed by atoms with Crippen molar-refractivity contribution in [3.63, 3.8) is 0 Å². The van der Waals surface area contributed by atoms with E-state index < -0.39 is 0 Å². The summed E-state index contributed by atoms with van der Waals surface area (Å²) in [4.78, 5) is 6.76. The van der Waals surface area contributed by atoms with Crippen molar-refractivity contribution in [2.45, 2.75) is 0 Å². The highest BCUT2D eigenvalue weighted by atomic mass is 16.5. The van der Waals surface area contributed by atoms with E-state index in [0.717, 1.165) is 66.4 Å². The lowest BCUT2D eigenvalue weighted by atomic mass is 10.0. The molecule has 7 nitrogen and oxygen atoms in total. The van der Waals surface area contributed by atoms with Crippen LogP contribution in [0.3, 0.4) is 0 Å². The molecule has 1 fully saturated rings. The topological polar surface area (TPSA) is 79.1 Å². The summed E-state index contributed by atoms with van der Waals surface area (Å²) < 4.78 is 7.38. The van der Waals surface area contributed by atoms with Crippen molar-refractivity contribution in [1.29, 1.82) is 5.41 Å². The minimum absolute atomic E-state index is 0.718. The minimum atomic E-state index is 0.718. The summed E-state index contributed by atoms with van der Waals surface area (Å²) in [6.07, 6.45) is 7.10. The number of benzene rings is 1. The van der Waals surface area contributed by atoms with Crippen molar-refractivity contribution in [3.05, 3.63) is 54.4 Å². The van der Waals surface area contributed by atoms with Crippen LogP contribution in [0.4, 0.5) is 5.82 Å². The molecule has 1 aliphatic rings. The Bertz CT molecular complexity index is 1000. The maximum atomic E-state index is 7.74. The number of pyridine rings is 1. The highest BCUT2D eigenvalue weighted by Crippen LogP contribution is 2.24. The standard InChI is InChI=1S/C21H24N6O/c1-23-6-4-17(14-22)16-2-3-18-15-25-27(20(18)12-16)19-5-7-24-21(13-19)26-8-10-28-11-9-26/h2-5,7,12-15,22-23H,6,8-11H2,1H3. The Kier molecular flexibility index (Phi) is 5.45. The van der Waals surface area contributed by atoms with Crippen LogP contribution in [0.5, 0.6) is 0 Å². The van der Waals surface area contributed by atoms with Gasteiger partial charge in [0.15, 0.2) is 0 Å². The molecule has 0 bridgehead atoms. The summed E-state index contributed by atoms with van der Waals surface area (Å²) in [6.45, 7) is 3.87. The number of allylic oxidation sites excluding steroid dienone is 1. The number of hydrogen-bond acceptors (Lipinski definition) is 6. The van der Waals surface area contributed by atoms with Crippen molar-refractivity contribution < 1.29 is 4.74 Å². The van der Waals surface area contributed by atoms with Crippen LogP contribution in [0.15, 0.2) is 48.8 Å². The molecule has 7 heteroatoms. The van der Waals surface area contributed by atoms with Crippen molar-refractivity contribution in [1.82, 2.24) is 20.1 Å². The van der Waals surface area contributed by atoms with Crippen LogP contribution in [0.2, 0.25) is 0 Å². The van der Waals surface area contributed by atoms with Crippen LogP contribution in [0, 0.1) is 5.41 Å². The molecule has 0 spiro atoms. The molecule has 0 aliphatic carbocycles. The van der Waals surface area contributed by atoms with E-state index >= 15 is 0 Å². The number of likely N-dealkylation sites (N-methyl/N-ethyl adjacent to an activating group) is 1. The summed E-state index contributed by atoms with van der Waals surface area (Å²) in [6, 6.07) is 10.2. The lowest BCUT2D eigenvalue weighted by molar-refractivity contribution is 0.122. The van der Waals surface area contributed by atoms with E-state index in [4.69, 9.17) is 10.1 Å². The van der Waals surface area contributed by atoms with Crippen LogP contribution in [0.1, 0.15) is 5.56 Å². The second kappa shape index (κ2) is 8.33. The number of aromatic nitrogens is 3. The monoisotopic (exact) mass is 376 g/mol. The first-order valence-electron chi connectivity index (χ1n) is 9.42. The molecule has 0 unspecified atom stereocenters. The van der Waals surface area contributed by atoms with E-state index in [1.807, 2.05) is 42.3 Å². The van der Waals surface area contributed by atoms with Crippen LogP contribution in [0.25, 0.3) is 22.2 Å². The van der Waals surface area contributed by atoms with Crippen molar-refractivity contribution in [3.8, 4) is 5.69 Å². The van der Waals surface area contributed by atoms with Gasteiger partial charge in [0.05, 0.1) is 30.6 Å². The molecule has 0 radical (unpaired) electrons. The van der Waals surface area contributed by atoms with E-state index in [0.29, 0.717) is 0 Å². The SMILES string of the molecule is CNCC=C(C=N)c1ccc2cnn(-c3ccnc(N4CCOCC4)c3)c2c1. The Hall–Kier alpha value is -3.03. The van der Waals surface area contributed by atoms with Gasteiger partial charge in [0, 0.05) is 43.5 Å². The Morgan fingerprint density at radius 3 is 2.89 bits per heavy atom. The molecular weight excluding hydrogens is 352 g/mol. The lowest BCUT2D eigenvalue weighted by Gasteiger charge is -2.28. The number of nitrogens with zero attached hydrogens (tertiary/aromatic N) is 4. The predicted molar refractivity (Wildman–Crippen MR) is 113 cm³/mol. The van der Waals surface area contributed by atoms with Gasteiger partial charge in [-0.2, -0.15) is 5.10 Å². The van der Waals surface area contributed by atoms with E-state index in [1.165, 1.54) is 6.21 Å². The fourth-order valence-electron chi connectivity index (χ4n) is 3.38. The molecule has 2 aromatic heterocycles. The molecular formula is C21H24N6O. The number of ether oxygens (including phenoxy) is 1. The average molecular weight is 376 g/mol. The molecule has 28 heavy (non-hydrogen) atoms. The molecule has 3 heterocycles. The lowest BCUT2D eigenvalue weighted by Crippen LogP contribution is -2.36. The van der Waals surface area contributed by atoms with Crippen molar-refractivity contribution in [2.75, 3.05) is 44.8 Å². The number of anilines is 1. The molecule has 0 amide bonds. The molecule has 0 saturated carbocycles. The van der Waals surface area contributed by atoms with Gasteiger partial charge in [-0.25, -0.2) is 9.67 Å². The smallest absolute Gasteiger partial charge is 0.130 e. The second-order valence-corrected chi connectivity index (χ2v) is 6.66. The van der Waals surface area contributed by atoms with E-state index in [2.05, 4.69) is 38.5 Å². The first-order chi connectivity index (χ1) is 13.8. The van der Waals surface area contributed by atoms with Crippen molar-refractivity contribution >= 4 is 28.5 Å². The zero-order valence-corrected chi connectivity index (χ0v) is 15.9. The maximum Gasteiger partial charge on any atom is 0.130 e. The summed E-state index contributed by atoms with van der Waals surface area (Å²) >= 11 is 0. The molecule has 0 atom stereocenters. The van der Waals surface area contributed by atoms with Gasteiger partial charge in [-0.3, -0.25) is 0 Å². The molecule has 1 saturated heterocycles. The van der Waals surface area contributed by atoms with Gasteiger partial charge >= 0.3 is 0 Å². The van der Waals surface area contributed by atoms with Gasteiger partial charge in [0.1, 0.15) is 5.82 Å². The van der Waals surface area contributed by atoms with Gasteiger partial charge in [0.2, 0.25) is 0 Å². The first-order valence-corrected chi connectivity index (χ1v) is 9.42. The first kappa shape index (κ1) is 18.3. The van der Waals surface area contributed by atoms with Crippen LogP contribution >= 0.6 is 0 Å². The Morgan fingerprint density at radius 1 is 1.25 bits per heavy atom. The zero-order valence-electron chi connectivity index (χ0n) is 15.9. The fourth-order valence-corrected chi connectivity index (χ4v) is 3.38. The minimum Gasteiger partial charge on any atom is -0.378 e. The molecule has 1 aliphatic heterocycles. The average Bonchev–Trinajstić information content (AvgIpc) is 3.18. The third-order valence-electron chi connectivity index (χ3n) is 4.89. The van der Waals surface area contributed by atoms with Gasteiger partial charge in [-0.05, 0) is 30.3 Å². The summed E-state index contributed by atoms with van der Waals surface area (Å²) in [5.41, 5.74) is 3.86. The molecule has 3 aromatic rings. The van der Waals surface area contributed by atoms with Gasteiger partial charge in [0.25, 0.3) is 0 Å². The number of nitrogens with one attached hydrogen (secondary N) is 2. The molecule has 1 aromatic carbocycles. The third kappa shape index (κ3) is 3.67. The van der Waals surface area contributed by atoms with Gasteiger partial charge in [-0.1, -0.05) is 18.2 Å². The zero-order chi connectivity index (χ0) is 19.3. The van der Waals surface area contributed by atoms with E-state index in [-0.39, 0.29) is 0 Å². The van der Waals surface area contributed by atoms with E-state index in [9.17, 15) is 0 Å². The normalized spacial score (nSPS) is 15.2. The summed E-state index contributed by atoms with van der Waals surface area (Å²) in [5, 5.41) is 16.5. The van der Waals surface area contributed by atoms with E-state index in [1.54, 1.807) is 0 Å². The molecule has 4 rings (SSSR count). The molecule has 2 N–H and O–H groups in total. The maximum absolute atomic E-state index is 7.74. The van der Waals surface area contributed by atoms with Gasteiger partial charge < -0.3 is 20.4 Å². The number of rotatable bonds is 6. The largest absolute Gasteiger partial charge is 0.378 e. The second-order valence-electron chi connectivity index (χ2n) is 6.66. The van der Waals surface area contributed by atoms with Crippen LogP contribution in [-0.4, -0.2) is 60.9 Å². The Morgan fingerprint density at radius 2 is 2.11 bits per heavy atom. The predicted octanol–water partition coefficient (Wildman–Crippen LogP) is 2.51. The number of fused-ring (bicyclic) bond motifs is 1. The summed E-state index contributed by atoms with van der Waals surface area (Å²) in [5.74, 6) is 0.940. The Labute approximate surface area is 164 Å². The number of hydrogen-bond donors (Lipinski definition) is 2. The molecule has 144 valence electrons. The quantitative estimate of drug-likeness (QED) is 0.646. The number of morpholine rings is 1. The highest BCUT2D eigenvalue weighted by molar-refractivity contribution is 6.09. The van der Waals surface area contributed by atoms with Crippen LogP contribution in [-0.2, 0) is 4.74 Å². The van der Waals surface area contributed by atoms with Crippen LogP contribution < -0.4 is 10.2 Å². The fraction of sp³-hybridized carbons (Fsp3) is 0.286. The third-order valence-corrected chi connectivity index (χ3v) is 4.89. The summed E-state index contributed by atoms with van der Waals surface area (Å²) in [7, 11) is 1.89. The van der Waals surface area contributed by atoms with Gasteiger partial charge in [-0.15, -0.1) is 0 Å².